The number of halogens is 1. The van der Waals surface area contributed by atoms with Crippen molar-refractivity contribution in [3.8, 4) is 0 Å². The molecule has 2 N–H and O–H groups in total. The molecular weight excluding hydrogens is 250 g/mol. The molecule has 4 heteroatoms. The van der Waals surface area contributed by atoms with Crippen molar-refractivity contribution in [3.63, 3.8) is 0 Å². The lowest BCUT2D eigenvalue weighted by Crippen LogP contribution is -2.25. The number of hydrogen-bond acceptors (Lipinski definition) is 3. The van der Waals surface area contributed by atoms with E-state index in [2.05, 4.69) is 19.2 Å². The zero-order valence-electron chi connectivity index (χ0n) is 11.2. The zero-order chi connectivity index (χ0) is 13.5. The highest BCUT2D eigenvalue weighted by molar-refractivity contribution is 6.30. The van der Waals surface area contributed by atoms with Gasteiger partial charge in [-0.15, -0.1) is 0 Å². The summed E-state index contributed by atoms with van der Waals surface area (Å²) in [7, 11) is 0. The molecule has 102 valence electrons. The third kappa shape index (κ3) is 5.71. The molecule has 0 aliphatic carbocycles. The summed E-state index contributed by atoms with van der Waals surface area (Å²) < 4.78 is 5.38. The molecule has 1 unspecified atom stereocenters. The van der Waals surface area contributed by atoms with Crippen LogP contribution in [-0.2, 0) is 4.74 Å². The number of aliphatic hydroxyl groups is 1. The Morgan fingerprint density at radius 3 is 2.72 bits per heavy atom. The maximum Gasteiger partial charge on any atom is 0.0945 e. The maximum absolute atomic E-state index is 9.76. The van der Waals surface area contributed by atoms with Gasteiger partial charge in [-0.3, -0.25) is 0 Å². The van der Waals surface area contributed by atoms with E-state index in [0.29, 0.717) is 30.7 Å². The van der Waals surface area contributed by atoms with Crippen LogP contribution in [0.5, 0.6) is 0 Å². The van der Waals surface area contributed by atoms with Crippen LogP contribution in [0.3, 0.4) is 0 Å². The van der Waals surface area contributed by atoms with Crippen molar-refractivity contribution >= 4 is 17.3 Å². The Morgan fingerprint density at radius 2 is 2.06 bits per heavy atom. The van der Waals surface area contributed by atoms with Crippen molar-refractivity contribution in [2.75, 3.05) is 25.1 Å². The Morgan fingerprint density at radius 1 is 1.33 bits per heavy atom. The summed E-state index contributed by atoms with van der Waals surface area (Å²) in [4.78, 5) is 0. The van der Waals surface area contributed by atoms with E-state index in [0.717, 1.165) is 11.3 Å². The predicted molar refractivity (Wildman–Crippen MR) is 76.3 cm³/mol. The molecule has 1 aromatic carbocycles. The Hall–Kier alpha value is -0.770. The normalized spacial score (nSPS) is 12.8. The largest absolute Gasteiger partial charge is 0.389 e. The van der Waals surface area contributed by atoms with Crippen LogP contribution >= 0.6 is 11.6 Å². The fourth-order valence-electron chi connectivity index (χ4n) is 1.51. The summed E-state index contributed by atoms with van der Waals surface area (Å²) in [6.07, 6.45) is -0.512. The second kappa shape index (κ2) is 7.62. The second-order valence-corrected chi connectivity index (χ2v) is 5.36. The van der Waals surface area contributed by atoms with Gasteiger partial charge in [0, 0.05) is 23.9 Å². The third-order valence-electron chi connectivity index (χ3n) is 2.49. The van der Waals surface area contributed by atoms with Crippen LogP contribution in [0.4, 0.5) is 5.69 Å². The number of aliphatic hydroxyl groups excluding tert-OH is 1. The number of aryl methyl sites for hydroxylation is 1. The number of anilines is 1. The Bertz CT molecular complexity index is 369. The standard InChI is InChI=1S/C14H22ClNO2/c1-10(2)8-18-9-13(17)7-16-14-6-12(15)5-4-11(14)3/h4-6,10,13,16-17H,7-9H2,1-3H3. The minimum atomic E-state index is -0.512. The SMILES string of the molecule is Cc1ccc(Cl)cc1NCC(O)COCC(C)C. The van der Waals surface area contributed by atoms with Crippen LogP contribution in [0.25, 0.3) is 0 Å². The molecular formula is C14H22ClNO2. The van der Waals surface area contributed by atoms with E-state index in [1.165, 1.54) is 0 Å². The molecule has 0 spiro atoms. The molecule has 1 aromatic rings. The lowest BCUT2D eigenvalue weighted by molar-refractivity contribution is 0.0318. The van der Waals surface area contributed by atoms with Crippen LogP contribution in [0.1, 0.15) is 19.4 Å². The zero-order valence-corrected chi connectivity index (χ0v) is 12.0. The van der Waals surface area contributed by atoms with Gasteiger partial charge in [-0.25, -0.2) is 0 Å². The summed E-state index contributed by atoms with van der Waals surface area (Å²) in [6, 6.07) is 5.66. The van der Waals surface area contributed by atoms with Gasteiger partial charge in [0.25, 0.3) is 0 Å². The number of nitrogens with one attached hydrogen (secondary N) is 1. The van der Waals surface area contributed by atoms with Gasteiger partial charge in [0.2, 0.25) is 0 Å². The highest BCUT2D eigenvalue weighted by atomic mass is 35.5. The minimum Gasteiger partial charge on any atom is -0.389 e. The van der Waals surface area contributed by atoms with E-state index in [-0.39, 0.29) is 0 Å². The smallest absolute Gasteiger partial charge is 0.0945 e. The van der Waals surface area contributed by atoms with Crippen LogP contribution in [0.2, 0.25) is 5.02 Å². The first kappa shape index (κ1) is 15.3. The summed E-state index contributed by atoms with van der Waals surface area (Å²) in [6.45, 7) is 7.65. The summed E-state index contributed by atoms with van der Waals surface area (Å²) in [5, 5.41) is 13.6. The molecule has 0 heterocycles. The molecule has 0 bridgehead atoms. The highest BCUT2D eigenvalue weighted by Crippen LogP contribution is 2.19. The van der Waals surface area contributed by atoms with Gasteiger partial charge >= 0.3 is 0 Å². The number of hydrogen-bond donors (Lipinski definition) is 2. The van der Waals surface area contributed by atoms with Gasteiger partial charge in [-0.05, 0) is 30.5 Å². The van der Waals surface area contributed by atoms with Gasteiger partial charge in [0.1, 0.15) is 0 Å². The molecule has 0 saturated heterocycles. The van der Waals surface area contributed by atoms with E-state index in [1.807, 2.05) is 25.1 Å². The van der Waals surface area contributed by atoms with Gasteiger partial charge in [-0.1, -0.05) is 31.5 Å². The van der Waals surface area contributed by atoms with Gasteiger partial charge < -0.3 is 15.2 Å². The Labute approximate surface area is 114 Å². The molecule has 0 saturated carbocycles. The van der Waals surface area contributed by atoms with Crippen LogP contribution < -0.4 is 5.32 Å². The van der Waals surface area contributed by atoms with Gasteiger partial charge in [0.05, 0.1) is 12.7 Å². The monoisotopic (exact) mass is 271 g/mol. The molecule has 1 atom stereocenters. The predicted octanol–water partition coefficient (Wildman–Crippen LogP) is 3.09. The van der Waals surface area contributed by atoms with E-state index in [4.69, 9.17) is 16.3 Å². The summed E-state index contributed by atoms with van der Waals surface area (Å²) in [5.74, 6) is 0.486. The molecule has 18 heavy (non-hydrogen) atoms. The summed E-state index contributed by atoms with van der Waals surface area (Å²) >= 11 is 5.92. The fourth-order valence-corrected chi connectivity index (χ4v) is 1.68. The molecule has 1 rings (SSSR count). The van der Waals surface area contributed by atoms with Crippen LogP contribution in [0.15, 0.2) is 18.2 Å². The van der Waals surface area contributed by atoms with Crippen LogP contribution in [0, 0.1) is 12.8 Å². The van der Waals surface area contributed by atoms with E-state index >= 15 is 0 Å². The first-order valence-corrected chi connectivity index (χ1v) is 6.62. The summed E-state index contributed by atoms with van der Waals surface area (Å²) in [5.41, 5.74) is 2.06. The Balaban J connectivity index is 2.33. The number of benzene rings is 1. The molecule has 0 aliphatic rings. The first-order chi connectivity index (χ1) is 8.49. The number of ether oxygens (including phenoxy) is 1. The van der Waals surface area contributed by atoms with Crippen molar-refractivity contribution in [2.24, 2.45) is 5.92 Å². The molecule has 0 amide bonds. The lowest BCUT2D eigenvalue weighted by atomic mass is 10.2. The molecule has 0 fully saturated rings. The molecule has 0 aromatic heterocycles. The van der Waals surface area contributed by atoms with E-state index in [9.17, 15) is 5.11 Å². The van der Waals surface area contributed by atoms with Crippen molar-refractivity contribution in [1.82, 2.24) is 0 Å². The van der Waals surface area contributed by atoms with Crippen molar-refractivity contribution < 1.29 is 9.84 Å². The number of rotatable bonds is 7. The molecule has 0 aliphatic heterocycles. The first-order valence-electron chi connectivity index (χ1n) is 6.25. The minimum absolute atomic E-state index is 0.352. The van der Waals surface area contributed by atoms with Crippen molar-refractivity contribution in [2.45, 2.75) is 26.9 Å². The average molecular weight is 272 g/mol. The van der Waals surface area contributed by atoms with Crippen LogP contribution in [-0.4, -0.2) is 31.0 Å². The third-order valence-corrected chi connectivity index (χ3v) is 2.72. The van der Waals surface area contributed by atoms with Crippen molar-refractivity contribution in [3.05, 3.63) is 28.8 Å². The van der Waals surface area contributed by atoms with Crippen molar-refractivity contribution in [1.29, 1.82) is 0 Å². The van der Waals surface area contributed by atoms with E-state index < -0.39 is 6.10 Å². The lowest BCUT2D eigenvalue weighted by Gasteiger charge is -2.15. The topological polar surface area (TPSA) is 41.5 Å². The fraction of sp³-hybridized carbons (Fsp3) is 0.571. The quantitative estimate of drug-likeness (QED) is 0.801. The van der Waals surface area contributed by atoms with Gasteiger partial charge in [-0.2, -0.15) is 0 Å². The van der Waals surface area contributed by atoms with E-state index in [1.54, 1.807) is 0 Å². The second-order valence-electron chi connectivity index (χ2n) is 4.93. The van der Waals surface area contributed by atoms with Gasteiger partial charge in [0.15, 0.2) is 0 Å². The Kier molecular flexibility index (Phi) is 6.47. The maximum atomic E-state index is 9.76. The average Bonchev–Trinajstić information content (AvgIpc) is 2.30. The molecule has 3 nitrogen and oxygen atoms in total. The highest BCUT2D eigenvalue weighted by Gasteiger charge is 2.06. The molecule has 0 radical (unpaired) electrons.